The second kappa shape index (κ2) is 8.78. The van der Waals surface area contributed by atoms with Gasteiger partial charge in [-0.25, -0.2) is 9.97 Å². The van der Waals surface area contributed by atoms with Gasteiger partial charge in [-0.2, -0.15) is 4.98 Å². The second-order valence-electron chi connectivity index (χ2n) is 7.57. The van der Waals surface area contributed by atoms with Crippen LogP contribution in [0.1, 0.15) is 11.3 Å². The van der Waals surface area contributed by atoms with Crippen LogP contribution in [-0.4, -0.2) is 82.8 Å². The van der Waals surface area contributed by atoms with E-state index in [0.29, 0.717) is 50.7 Å². The molecule has 30 heavy (non-hydrogen) atoms. The highest BCUT2D eigenvalue weighted by molar-refractivity contribution is 5.76. The minimum atomic E-state index is -0.161. The molecule has 1 amide bonds. The Morgan fingerprint density at radius 2 is 1.77 bits per heavy atom. The van der Waals surface area contributed by atoms with E-state index in [9.17, 15) is 9.59 Å². The number of nitrogens with zero attached hydrogens (tertiary/aromatic N) is 7. The number of carbonyl (C=O) groups excluding carboxylic acids is 1. The summed E-state index contributed by atoms with van der Waals surface area (Å²) in [5, 5.41) is 0. The van der Waals surface area contributed by atoms with Gasteiger partial charge >= 0.3 is 0 Å². The number of amides is 1. The number of morpholine rings is 1. The van der Waals surface area contributed by atoms with Gasteiger partial charge in [0.25, 0.3) is 5.56 Å². The van der Waals surface area contributed by atoms with Gasteiger partial charge in [-0.15, -0.1) is 0 Å². The van der Waals surface area contributed by atoms with Crippen molar-refractivity contribution in [2.24, 2.45) is 0 Å². The van der Waals surface area contributed by atoms with Crippen LogP contribution in [0.25, 0.3) is 0 Å². The van der Waals surface area contributed by atoms with Crippen LogP contribution >= 0.6 is 0 Å². The third-order valence-electron chi connectivity index (χ3n) is 5.70. The van der Waals surface area contributed by atoms with Gasteiger partial charge in [-0.05, 0) is 19.9 Å². The predicted octanol–water partition coefficient (Wildman–Crippen LogP) is -0.164. The average molecular weight is 413 g/mol. The van der Waals surface area contributed by atoms with Crippen molar-refractivity contribution in [1.29, 1.82) is 0 Å². The van der Waals surface area contributed by atoms with E-state index in [1.54, 1.807) is 24.9 Å². The number of carbonyl (C=O) groups is 1. The molecule has 4 heterocycles. The van der Waals surface area contributed by atoms with E-state index in [1.807, 2.05) is 6.07 Å². The number of hydrogen-bond acceptors (Lipinski definition) is 8. The van der Waals surface area contributed by atoms with Crippen LogP contribution in [0.15, 0.2) is 23.4 Å². The topological polar surface area (TPSA) is 96.7 Å². The highest BCUT2D eigenvalue weighted by Gasteiger charge is 2.23. The van der Waals surface area contributed by atoms with Crippen molar-refractivity contribution >= 4 is 17.7 Å². The molecule has 0 bridgehead atoms. The van der Waals surface area contributed by atoms with Crippen LogP contribution in [-0.2, 0) is 16.1 Å². The molecule has 0 aliphatic carbocycles. The minimum Gasteiger partial charge on any atom is -0.378 e. The summed E-state index contributed by atoms with van der Waals surface area (Å²) in [7, 11) is 0. The first-order chi connectivity index (χ1) is 14.5. The van der Waals surface area contributed by atoms with E-state index in [0.717, 1.165) is 24.9 Å². The molecule has 2 fully saturated rings. The lowest BCUT2D eigenvalue weighted by atomic mass is 10.2. The fourth-order valence-electron chi connectivity index (χ4n) is 3.65. The number of ether oxygens (including phenoxy) is 1. The van der Waals surface area contributed by atoms with E-state index in [2.05, 4.69) is 19.8 Å². The maximum Gasteiger partial charge on any atom is 0.256 e. The maximum atomic E-state index is 12.7. The zero-order chi connectivity index (χ0) is 21.1. The minimum absolute atomic E-state index is 0.0155. The Balaban J connectivity index is 1.36. The standard InChI is InChI=1S/C20H27N7O3/c1-15-16(2)22-14-27(19(15)29)13-18(28)25-7-5-24(6-8-25)17-3-4-21-20(23-17)26-9-11-30-12-10-26/h3-4,14H,5-13H2,1-2H3. The fourth-order valence-corrected chi connectivity index (χ4v) is 3.65. The highest BCUT2D eigenvalue weighted by Crippen LogP contribution is 2.17. The summed E-state index contributed by atoms with van der Waals surface area (Å²) in [5.41, 5.74) is 1.11. The molecule has 10 heteroatoms. The van der Waals surface area contributed by atoms with Crippen LogP contribution in [0.4, 0.5) is 11.8 Å². The fraction of sp³-hybridized carbons (Fsp3) is 0.550. The maximum absolute atomic E-state index is 12.7. The molecule has 2 aromatic heterocycles. The van der Waals surface area contributed by atoms with Crippen LogP contribution in [0.5, 0.6) is 0 Å². The zero-order valence-corrected chi connectivity index (χ0v) is 17.5. The summed E-state index contributed by atoms with van der Waals surface area (Å²) in [5.74, 6) is 1.52. The van der Waals surface area contributed by atoms with Crippen molar-refractivity contribution < 1.29 is 9.53 Å². The Labute approximate surface area is 175 Å². The normalized spacial score (nSPS) is 17.3. The third kappa shape index (κ3) is 4.28. The highest BCUT2D eigenvalue weighted by atomic mass is 16.5. The molecule has 0 N–H and O–H groups in total. The largest absolute Gasteiger partial charge is 0.378 e. The summed E-state index contributed by atoms with van der Waals surface area (Å²) >= 11 is 0. The molecular weight excluding hydrogens is 386 g/mol. The van der Waals surface area contributed by atoms with Crippen LogP contribution in [0.3, 0.4) is 0 Å². The molecule has 0 saturated carbocycles. The number of anilines is 2. The van der Waals surface area contributed by atoms with Gasteiger partial charge in [0.1, 0.15) is 12.4 Å². The molecule has 0 spiro atoms. The van der Waals surface area contributed by atoms with Crippen LogP contribution in [0.2, 0.25) is 0 Å². The lowest BCUT2D eigenvalue weighted by Crippen LogP contribution is -2.50. The van der Waals surface area contributed by atoms with Crippen molar-refractivity contribution in [2.45, 2.75) is 20.4 Å². The Hall–Kier alpha value is -3.01. The molecule has 0 aromatic carbocycles. The first kappa shape index (κ1) is 20.3. The molecule has 0 radical (unpaired) electrons. The van der Waals surface area contributed by atoms with Gasteiger partial charge in [-0.3, -0.25) is 14.2 Å². The van der Waals surface area contributed by atoms with E-state index < -0.39 is 0 Å². The van der Waals surface area contributed by atoms with Crippen molar-refractivity contribution in [3.63, 3.8) is 0 Å². The molecule has 2 aromatic rings. The molecule has 4 rings (SSSR count). The summed E-state index contributed by atoms with van der Waals surface area (Å²) < 4.78 is 6.78. The van der Waals surface area contributed by atoms with Crippen LogP contribution in [0, 0.1) is 13.8 Å². The zero-order valence-electron chi connectivity index (χ0n) is 17.5. The molecule has 2 saturated heterocycles. The average Bonchev–Trinajstić information content (AvgIpc) is 2.80. The Morgan fingerprint density at radius 3 is 2.50 bits per heavy atom. The number of aromatic nitrogens is 4. The van der Waals surface area contributed by atoms with Crippen molar-refractivity contribution in [2.75, 3.05) is 62.3 Å². The van der Waals surface area contributed by atoms with E-state index >= 15 is 0 Å². The quantitative estimate of drug-likeness (QED) is 0.682. The van der Waals surface area contributed by atoms with Crippen molar-refractivity contribution in [3.8, 4) is 0 Å². The number of hydrogen-bond donors (Lipinski definition) is 0. The number of piperazine rings is 1. The van der Waals surface area contributed by atoms with Gasteiger partial charge in [-0.1, -0.05) is 0 Å². The van der Waals surface area contributed by atoms with Gasteiger partial charge in [0.15, 0.2) is 0 Å². The van der Waals surface area contributed by atoms with Crippen molar-refractivity contribution in [3.05, 3.63) is 40.2 Å². The lowest BCUT2D eigenvalue weighted by molar-refractivity contribution is -0.132. The first-order valence-electron chi connectivity index (χ1n) is 10.2. The Bertz CT molecular complexity index is 963. The summed E-state index contributed by atoms with van der Waals surface area (Å²) in [6.07, 6.45) is 3.23. The lowest BCUT2D eigenvalue weighted by Gasteiger charge is -2.36. The van der Waals surface area contributed by atoms with Gasteiger partial charge < -0.3 is 19.4 Å². The molecule has 160 valence electrons. The molecule has 0 atom stereocenters. The molecular formula is C20H27N7O3. The van der Waals surface area contributed by atoms with Gasteiger partial charge in [0.2, 0.25) is 11.9 Å². The Kier molecular flexibility index (Phi) is 5.93. The van der Waals surface area contributed by atoms with E-state index in [1.165, 1.54) is 10.9 Å². The van der Waals surface area contributed by atoms with E-state index in [-0.39, 0.29) is 18.0 Å². The second-order valence-corrected chi connectivity index (χ2v) is 7.57. The molecule has 2 aliphatic heterocycles. The number of aryl methyl sites for hydroxylation is 1. The molecule has 2 aliphatic rings. The van der Waals surface area contributed by atoms with Crippen LogP contribution < -0.4 is 15.4 Å². The van der Waals surface area contributed by atoms with Gasteiger partial charge in [0.05, 0.1) is 19.5 Å². The third-order valence-corrected chi connectivity index (χ3v) is 5.70. The Morgan fingerprint density at radius 1 is 1.03 bits per heavy atom. The number of rotatable bonds is 4. The molecule has 10 nitrogen and oxygen atoms in total. The summed E-state index contributed by atoms with van der Waals surface area (Å²) in [6.45, 7) is 9.04. The predicted molar refractivity (Wildman–Crippen MR) is 112 cm³/mol. The SMILES string of the molecule is Cc1ncn(CC(=O)N2CCN(c3ccnc(N4CCOCC4)n3)CC2)c(=O)c1C. The van der Waals surface area contributed by atoms with Crippen molar-refractivity contribution in [1.82, 2.24) is 24.4 Å². The summed E-state index contributed by atoms with van der Waals surface area (Å²) in [6, 6.07) is 1.90. The molecule has 0 unspecified atom stereocenters. The van der Waals surface area contributed by atoms with Gasteiger partial charge in [0, 0.05) is 56.7 Å². The monoisotopic (exact) mass is 413 g/mol. The summed E-state index contributed by atoms with van der Waals surface area (Å²) in [4.78, 5) is 44.4. The smallest absolute Gasteiger partial charge is 0.256 e. The first-order valence-corrected chi connectivity index (χ1v) is 10.2. The van der Waals surface area contributed by atoms with E-state index in [4.69, 9.17) is 9.72 Å².